The van der Waals surface area contributed by atoms with Gasteiger partial charge in [0.25, 0.3) is 0 Å². The van der Waals surface area contributed by atoms with E-state index in [1.165, 1.54) is 110 Å². The lowest BCUT2D eigenvalue weighted by molar-refractivity contribution is 0.353. The lowest BCUT2D eigenvalue weighted by Gasteiger charge is -2.36. The van der Waals surface area contributed by atoms with Crippen molar-refractivity contribution in [2.24, 2.45) is 0 Å². The summed E-state index contributed by atoms with van der Waals surface area (Å²) in [6.45, 7) is 2.41. The van der Waals surface area contributed by atoms with Crippen molar-refractivity contribution in [1.82, 2.24) is 0 Å². The molecular weight excluding hydrogens is 687 g/mol. The van der Waals surface area contributed by atoms with Crippen molar-refractivity contribution in [1.29, 1.82) is 0 Å². The van der Waals surface area contributed by atoms with Crippen LogP contribution >= 0.6 is 0 Å². The van der Waals surface area contributed by atoms with E-state index in [0.717, 1.165) is 11.4 Å². The summed E-state index contributed by atoms with van der Waals surface area (Å²) in [5, 5.41) is 0. The average molecular weight is 732 g/mol. The number of benzene rings is 8. The van der Waals surface area contributed by atoms with Gasteiger partial charge in [-0.05, 0) is 117 Å². The maximum atomic E-state index is 2.51. The number of hydrogen-bond donors (Lipinski definition) is 0. The minimum Gasteiger partial charge on any atom is -0.310 e. The first-order valence-corrected chi connectivity index (χ1v) is 20.7. The second kappa shape index (κ2) is 13.4. The van der Waals surface area contributed by atoms with Crippen molar-refractivity contribution in [3.8, 4) is 44.5 Å². The molecule has 1 spiro atoms. The molecule has 0 aliphatic heterocycles. The van der Waals surface area contributed by atoms with E-state index >= 15 is 0 Å². The monoisotopic (exact) mass is 731 g/mol. The maximum Gasteiger partial charge on any atom is 0.0540 e. The van der Waals surface area contributed by atoms with Crippen LogP contribution in [-0.4, -0.2) is 0 Å². The van der Waals surface area contributed by atoms with Crippen molar-refractivity contribution in [2.75, 3.05) is 4.90 Å². The topological polar surface area (TPSA) is 3.24 Å². The van der Waals surface area contributed by atoms with Gasteiger partial charge in [0.1, 0.15) is 0 Å². The third-order valence-electron chi connectivity index (χ3n) is 13.6. The lowest BCUT2D eigenvalue weighted by atomic mass is 9.68. The molecule has 0 N–H and O–H groups in total. The number of nitrogens with zero attached hydrogens (tertiary/aromatic N) is 1. The molecule has 1 atom stereocenters. The highest BCUT2D eigenvalue weighted by atomic mass is 15.1. The van der Waals surface area contributed by atoms with Crippen molar-refractivity contribution in [3.05, 3.63) is 222 Å². The standard InChI is InChI=1S/C56H45N/c1-55(41-20-7-3-8-21-41)49-26-12-9-22-44(49)45-35-34-43(38-52(45)55)57(42-32-30-40(31-33-42)39-18-5-2-6-19-39)53-29-14-11-23-46(53)47-25-17-28-51-54(47)48-24-10-13-27-50(48)56(51)36-15-4-16-37-56/h2-3,5-14,17-35,38H,4,15-16,36-37H2,1H3. The fraction of sp³-hybridized carbons (Fsp3) is 0.143. The van der Waals surface area contributed by atoms with Crippen LogP contribution in [0.25, 0.3) is 44.5 Å². The minimum atomic E-state index is -0.302. The van der Waals surface area contributed by atoms with Gasteiger partial charge in [0, 0.05) is 27.8 Å². The molecule has 0 aromatic heterocycles. The van der Waals surface area contributed by atoms with E-state index in [4.69, 9.17) is 0 Å². The smallest absolute Gasteiger partial charge is 0.0540 e. The van der Waals surface area contributed by atoms with Crippen LogP contribution in [0.15, 0.2) is 194 Å². The summed E-state index contributed by atoms with van der Waals surface area (Å²) in [6.07, 6.45) is 6.34. The Balaban J connectivity index is 1.14. The van der Waals surface area contributed by atoms with Gasteiger partial charge in [-0.15, -0.1) is 0 Å². The molecular formula is C56H45N. The third-order valence-corrected chi connectivity index (χ3v) is 13.6. The van der Waals surface area contributed by atoms with Gasteiger partial charge >= 0.3 is 0 Å². The Kier molecular flexibility index (Phi) is 7.93. The number of rotatable bonds is 6. The first kappa shape index (κ1) is 33.9. The Hall–Kier alpha value is -6.44. The maximum absolute atomic E-state index is 2.51. The van der Waals surface area contributed by atoms with Gasteiger partial charge in [-0.25, -0.2) is 0 Å². The first-order valence-electron chi connectivity index (χ1n) is 20.7. The van der Waals surface area contributed by atoms with Crippen LogP contribution in [0.2, 0.25) is 0 Å². The van der Waals surface area contributed by atoms with Crippen LogP contribution in [0, 0.1) is 0 Å². The third kappa shape index (κ3) is 5.15. The molecule has 0 heterocycles. The number of para-hydroxylation sites is 1. The highest BCUT2D eigenvalue weighted by Crippen LogP contribution is 2.59. The minimum absolute atomic E-state index is 0.0962. The highest BCUT2D eigenvalue weighted by molar-refractivity contribution is 5.99. The molecule has 0 bridgehead atoms. The van der Waals surface area contributed by atoms with E-state index in [9.17, 15) is 0 Å². The summed E-state index contributed by atoms with van der Waals surface area (Å²) >= 11 is 0. The number of hydrogen-bond acceptors (Lipinski definition) is 1. The number of anilines is 3. The Morgan fingerprint density at radius 3 is 1.72 bits per heavy atom. The molecule has 8 aromatic carbocycles. The molecule has 1 fully saturated rings. The van der Waals surface area contributed by atoms with E-state index in [-0.39, 0.29) is 10.8 Å². The van der Waals surface area contributed by atoms with Crippen LogP contribution < -0.4 is 4.90 Å². The van der Waals surface area contributed by atoms with Crippen LogP contribution in [0.1, 0.15) is 66.8 Å². The van der Waals surface area contributed by atoms with Crippen molar-refractivity contribution < 1.29 is 0 Å². The van der Waals surface area contributed by atoms with Gasteiger partial charge in [-0.2, -0.15) is 0 Å². The van der Waals surface area contributed by atoms with Gasteiger partial charge in [0.2, 0.25) is 0 Å². The predicted octanol–water partition coefficient (Wildman–Crippen LogP) is 15.1. The summed E-state index contributed by atoms with van der Waals surface area (Å²) in [7, 11) is 0. The fourth-order valence-electron chi connectivity index (χ4n) is 10.9. The lowest BCUT2D eigenvalue weighted by Crippen LogP contribution is -2.27. The molecule has 3 aliphatic carbocycles. The summed E-state index contributed by atoms with van der Waals surface area (Å²) in [5.41, 5.74) is 20.8. The molecule has 11 rings (SSSR count). The summed E-state index contributed by atoms with van der Waals surface area (Å²) in [6, 6.07) is 72.6. The molecule has 0 radical (unpaired) electrons. The zero-order valence-corrected chi connectivity index (χ0v) is 32.5. The predicted molar refractivity (Wildman–Crippen MR) is 239 cm³/mol. The highest BCUT2D eigenvalue weighted by Gasteiger charge is 2.45. The van der Waals surface area contributed by atoms with Crippen molar-refractivity contribution in [2.45, 2.75) is 49.9 Å². The molecule has 8 aromatic rings. The Bertz CT molecular complexity index is 2770. The Morgan fingerprint density at radius 1 is 0.386 bits per heavy atom. The molecule has 57 heavy (non-hydrogen) atoms. The van der Waals surface area contributed by atoms with E-state index in [1.807, 2.05) is 0 Å². The second-order valence-corrected chi connectivity index (χ2v) is 16.4. The fourth-order valence-corrected chi connectivity index (χ4v) is 10.9. The zero-order chi connectivity index (χ0) is 38.0. The summed E-state index contributed by atoms with van der Waals surface area (Å²) < 4.78 is 0. The molecule has 1 nitrogen and oxygen atoms in total. The van der Waals surface area contributed by atoms with Gasteiger partial charge in [-0.3, -0.25) is 0 Å². The van der Waals surface area contributed by atoms with Crippen LogP contribution in [0.4, 0.5) is 17.1 Å². The van der Waals surface area contributed by atoms with Crippen LogP contribution in [0.3, 0.4) is 0 Å². The van der Waals surface area contributed by atoms with E-state index in [0.29, 0.717) is 0 Å². The van der Waals surface area contributed by atoms with Crippen molar-refractivity contribution in [3.63, 3.8) is 0 Å². The SMILES string of the molecule is CC1(c2ccccc2)c2ccccc2-c2ccc(N(c3ccc(-c4ccccc4)cc3)c3ccccc3-c3cccc4c3-c3ccccc3C43CCCCC3)cc21. The summed E-state index contributed by atoms with van der Waals surface area (Å²) in [4.78, 5) is 2.51. The largest absolute Gasteiger partial charge is 0.310 e. The van der Waals surface area contributed by atoms with Gasteiger partial charge in [0.05, 0.1) is 5.69 Å². The van der Waals surface area contributed by atoms with Crippen LogP contribution in [0.5, 0.6) is 0 Å². The van der Waals surface area contributed by atoms with E-state index in [1.54, 1.807) is 0 Å². The van der Waals surface area contributed by atoms with Gasteiger partial charge in [-0.1, -0.05) is 183 Å². The molecule has 1 saturated carbocycles. The zero-order valence-electron chi connectivity index (χ0n) is 32.5. The quantitative estimate of drug-likeness (QED) is 0.165. The molecule has 1 unspecified atom stereocenters. The average Bonchev–Trinajstić information content (AvgIpc) is 3.71. The molecule has 3 aliphatic rings. The second-order valence-electron chi connectivity index (χ2n) is 16.4. The first-order chi connectivity index (χ1) is 28.1. The number of fused-ring (bicyclic) bond motifs is 8. The molecule has 1 heteroatoms. The Labute approximate surface area is 336 Å². The van der Waals surface area contributed by atoms with Gasteiger partial charge < -0.3 is 4.90 Å². The Morgan fingerprint density at radius 2 is 0.947 bits per heavy atom. The molecule has 0 amide bonds. The van der Waals surface area contributed by atoms with Crippen molar-refractivity contribution >= 4 is 17.1 Å². The molecule has 0 saturated heterocycles. The normalized spacial score (nSPS) is 17.1. The van der Waals surface area contributed by atoms with Crippen LogP contribution in [-0.2, 0) is 10.8 Å². The van der Waals surface area contributed by atoms with Gasteiger partial charge in [0.15, 0.2) is 0 Å². The summed E-state index contributed by atoms with van der Waals surface area (Å²) in [5.74, 6) is 0. The van der Waals surface area contributed by atoms with E-state index in [2.05, 4.69) is 206 Å². The molecule has 274 valence electrons. The van der Waals surface area contributed by atoms with E-state index < -0.39 is 0 Å².